The Balaban J connectivity index is 1.39. The van der Waals surface area contributed by atoms with Gasteiger partial charge in [0.15, 0.2) is 0 Å². The van der Waals surface area contributed by atoms with Gasteiger partial charge in [0.2, 0.25) is 0 Å². The van der Waals surface area contributed by atoms with Gasteiger partial charge >= 0.3 is 0 Å². The summed E-state index contributed by atoms with van der Waals surface area (Å²) >= 11 is 1.49. The Labute approximate surface area is 165 Å². The maximum atomic E-state index is 12.4. The average molecular weight is 386 g/mol. The molecule has 1 N–H and O–H groups in total. The summed E-state index contributed by atoms with van der Waals surface area (Å²) < 4.78 is 0. The summed E-state index contributed by atoms with van der Waals surface area (Å²) in [5.41, 5.74) is 1.94. The number of hydrogen-bond donors (Lipinski definition) is 1. The van der Waals surface area contributed by atoms with Crippen molar-refractivity contribution in [1.29, 1.82) is 0 Å². The van der Waals surface area contributed by atoms with E-state index < -0.39 is 0 Å². The maximum absolute atomic E-state index is 12.4. The van der Waals surface area contributed by atoms with Gasteiger partial charge in [-0.25, -0.2) is 0 Å². The molecule has 1 fully saturated rings. The minimum absolute atomic E-state index is 0.0307. The molecule has 2 aromatic rings. The van der Waals surface area contributed by atoms with Crippen molar-refractivity contribution in [2.75, 3.05) is 39.3 Å². The Hall–Kier alpha value is -2.18. The zero-order valence-corrected chi connectivity index (χ0v) is 16.8. The molecule has 144 valence electrons. The van der Waals surface area contributed by atoms with Crippen LogP contribution in [0.5, 0.6) is 0 Å². The molecule has 2 heterocycles. The van der Waals surface area contributed by atoms with Gasteiger partial charge < -0.3 is 10.2 Å². The molecule has 1 aromatic carbocycles. The molecule has 5 nitrogen and oxygen atoms in total. The van der Waals surface area contributed by atoms with Crippen molar-refractivity contribution in [3.05, 3.63) is 57.8 Å². The smallest absolute Gasteiger partial charge is 0.264 e. The van der Waals surface area contributed by atoms with Gasteiger partial charge in [0, 0.05) is 44.8 Å². The maximum Gasteiger partial charge on any atom is 0.264 e. The lowest BCUT2D eigenvalue weighted by Crippen LogP contribution is -2.50. The topological polar surface area (TPSA) is 52.7 Å². The van der Waals surface area contributed by atoms with E-state index in [0.29, 0.717) is 18.0 Å². The molecule has 0 saturated carbocycles. The number of carbonyl (C=O) groups excluding carboxylic acids is 2. The molecule has 1 aliphatic rings. The van der Waals surface area contributed by atoms with Crippen LogP contribution >= 0.6 is 11.3 Å². The number of piperazine rings is 1. The molecule has 3 rings (SSSR count). The molecule has 0 aliphatic carbocycles. The molecule has 0 unspecified atom stereocenters. The minimum Gasteiger partial charge on any atom is -0.351 e. The Bertz CT molecular complexity index is 748. The number of benzene rings is 1. The molecular weight excluding hydrogens is 358 g/mol. The molecular formula is C21H27N3O2S. The van der Waals surface area contributed by atoms with Crippen molar-refractivity contribution < 1.29 is 9.59 Å². The highest BCUT2D eigenvalue weighted by Gasteiger charge is 2.22. The van der Waals surface area contributed by atoms with Gasteiger partial charge in [-0.05, 0) is 35.1 Å². The summed E-state index contributed by atoms with van der Waals surface area (Å²) in [5, 5.41) is 4.92. The largest absolute Gasteiger partial charge is 0.351 e. The fourth-order valence-corrected chi connectivity index (χ4v) is 3.87. The van der Waals surface area contributed by atoms with Gasteiger partial charge in [0.05, 0.1) is 4.88 Å². The normalized spacial score (nSPS) is 15.1. The number of nitrogens with one attached hydrogen (secondary N) is 1. The lowest BCUT2D eigenvalue weighted by Gasteiger charge is -2.34. The molecule has 2 amide bonds. The van der Waals surface area contributed by atoms with Gasteiger partial charge in [0.25, 0.3) is 11.8 Å². The molecule has 6 heteroatoms. The van der Waals surface area contributed by atoms with Crippen LogP contribution < -0.4 is 5.32 Å². The second-order valence-electron chi connectivity index (χ2n) is 7.14. The standard InChI is InChI=1S/C21H27N3O2S/c1-16(2)17-5-7-18(8-6-17)20(25)22-9-10-23-11-13-24(14-12-23)21(26)19-4-3-15-27-19/h3-8,15-16H,9-14H2,1-2H3,(H,22,25). The number of rotatable bonds is 6. The van der Waals surface area contributed by atoms with Crippen LogP contribution in [0.4, 0.5) is 0 Å². The van der Waals surface area contributed by atoms with Crippen molar-refractivity contribution in [2.24, 2.45) is 0 Å². The molecule has 0 radical (unpaired) electrons. The Kier molecular flexibility index (Phi) is 6.63. The third kappa shape index (κ3) is 5.17. The van der Waals surface area contributed by atoms with Crippen LogP contribution in [-0.2, 0) is 0 Å². The molecule has 0 bridgehead atoms. The van der Waals surface area contributed by atoms with Crippen LogP contribution in [0.3, 0.4) is 0 Å². The summed E-state index contributed by atoms with van der Waals surface area (Å²) in [6.07, 6.45) is 0. The predicted molar refractivity (Wildman–Crippen MR) is 110 cm³/mol. The molecule has 1 saturated heterocycles. The van der Waals surface area contributed by atoms with E-state index >= 15 is 0 Å². The first-order chi connectivity index (χ1) is 13.0. The summed E-state index contributed by atoms with van der Waals surface area (Å²) in [7, 11) is 0. The van der Waals surface area contributed by atoms with Crippen molar-refractivity contribution in [3.8, 4) is 0 Å². The first kappa shape index (κ1) is 19.6. The van der Waals surface area contributed by atoms with Crippen LogP contribution in [0.1, 0.15) is 45.4 Å². The fraction of sp³-hybridized carbons (Fsp3) is 0.429. The Morgan fingerprint density at radius 3 is 2.37 bits per heavy atom. The number of thiophene rings is 1. The van der Waals surface area contributed by atoms with Crippen LogP contribution in [0.2, 0.25) is 0 Å². The van der Waals surface area contributed by atoms with Gasteiger partial charge in [-0.2, -0.15) is 0 Å². The van der Waals surface area contributed by atoms with E-state index in [1.54, 1.807) is 0 Å². The quantitative estimate of drug-likeness (QED) is 0.831. The molecule has 1 aliphatic heterocycles. The number of carbonyl (C=O) groups is 2. The summed E-state index contributed by atoms with van der Waals surface area (Å²) in [6.45, 7) is 8.86. The molecule has 0 atom stereocenters. The van der Waals surface area contributed by atoms with Crippen molar-refractivity contribution in [2.45, 2.75) is 19.8 Å². The van der Waals surface area contributed by atoms with E-state index in [-0.39, 0.29) is 11.8 Å². The first-order valence-corrected chi connectivity index (χ1v) is 10.4. The number of nitrogens with zero attached hydrogens (tertiary/aromatic N) is 2. The van der Waals surface area contributed by atoms with Crippen LogP contribution in [-0.4, -0.2) is 60.9 Å². The minimum atomic E-state index is -0.0307. The Morgan fingerprint density at radius 1 is 1.07 bits per heavy atom. The summed E-state index contributed by atoms with van der Waals surface area (Å²) in [4.78, 5) is 29.6. The van der Waals surface area contributed by atoms with E-state index in [2.05, 4.69) is 24.1 Å². The van der Waals surface area contributed by atoms with Gasteiger partial charge in [-0.3, -0.25) is 14.5 Å². The fourth-order valence-electron chi connectivity index (χ4n) is 3.18. The number of amides is 2. The zero-order valence-electron chi connectivity index (χ0n) is 16.0. The third-order valence-corrected chi connectivity index (χ3v) is 5.80. The highest BCUT2D eigenvalue weighted by molar-refractivity contribution is 7.12. The Morgan fingerprint density at radius 2 is 1.78 bits per heavy atom. The van der Waals surface area contributed by atoms with Crippen molar-refractivity contribution in [3.63, 3.8) is 0 Å². The molecule has 27 heavy (non-hydrogen) atoms. The summed E-state index contributed by atoms with van der Waals surface area (Å²) in [6, 6.07) is 11.6. The lowest BCUT2D eigenvalue weighted by atomic mass is 10.0. The monoisotopic (exact) mass is 385 g/mol. The van der Waals surface area contributed by atoms with Crippen molar-refractivity contribution in [1.82, 2.24) is 15.1 Å². The number of hydrogen-bond acceptors (Lipinski definition) is 4. The first-order valence-electron chi connectivity index (χ1n) is 9.48. The third-order valence-electron chi connectivity index (χ3n) is 4.94. The highest BCUT2D eigenvalue weighted by Crippen LogP contribution is 2.15. The summed E-state index contributed by atoms with van der Waals surface area (Å²) in [5.74, 6) is 0.562. The van der Waals surface area contributed by atoms with E-state index in [0.717, 1.165) is 37.6 Å². The molecule has 0 spiro atoms. The van der Waals surface area contributed by atoms with Crippen LogP contribution in [0, 0.1) is 0 Å². The van der Waals surface area contributed by atoms with Crippen molar-refractivity contribution >= 4 is 23.2 Å². The van der Waals surface area contributed by atoms with Gasteiger partial charge in [-0.15, -0.1) is 11.3 Å². The second kappa shape index (κ2) is 9.15. The second-order valence-corrected chi connectivity index (χ2v) is 8.09. The molecule has 1 aromatic heterocycles. The van der Waals surface area contributed by atoms with Gasteiger partial charge in [-0.1, -0.05) is 32.0 Å². The van der Waals surface area contributed by atoms with E-state index in [1.165, 1.54) is 16.9 Å². The van der Waals surface area contributed by atoms with E-state index in [1.807, 2.05) is 46.7 Å². The average Bonchev–Trinajstić information content (AvgIpc) is 3.23. The SMILES string of the molecule is CC(C)c1ccc(C(=O)NCCN2CCN(C(=O)c3cccs3)CC2)cc1. The highest BCUT2D eigenvalue weighted by atomic mass is 32.1. The lowest BCUT2D eigenvalue weighted by molar-refractivity contribution is 0.0643. The van der Waals surface area contributed by atoms with Gasteiger partial charge in [0.1, 0.15) is 0 Å². The zero-order chi connectivity index (χ0) is 19.2. The van der Waals surface area contributed by atoms with E-state index in [9.17, 15) is 9.59 Å². The predicted octanol–water partition coefficient (Wildman–Crippen LogP) is 3.06. The van der Waals surface area contributed by atoms with Crippen LogP contribution in [0.25, 0.3) is 0 Å². The van der Waals surface area contributed by atoms with Crippen LogP contribution in [0.15, 0.2) is 41.8 Å². The van der Waals surface area contributed by atoms with E-state index in [4.69, 9.17) is 0 Å².